The van der Waals surface area contributed by atoms with Gasteiger partial charge in [0.05, 0.1) is 22.3 Å². The Morgan fingerprint density at radius 1 is 1.33 bits per heavy atom. The molecule has 0 aliphatic carbocycles. The molecular weight excluding hydrogens is 432 g/mol. The highest BCUT2D eigenvalue weighted by Gasteiger charge is 2.41. The number of benzene rings is 1. The van der Waals surface area contributed by atoms with Crippen molar-refractivity contribution >= 4 is 44.5 Å². The highest BCUT2D eigenvalue weighted by Crippen LogP contribution is 2.39. The first-order valence-electron chi connectivity index (χ1n) is 8.65. The highest BCUT2D eigenvalue weighted by atomic mass is 79.9. The second-order valence-electron chi connectivity index (χ2n) is 7.67. The van der Waals surface area contributed by atoms with Crippen molar-refractivity contribution in [3.8, 4) is 6.07 Å². The van der Waals surface area contributed by atoms with Gasteiger partial charge in [0.25, 0.3) is 0 Å². The van der Waals surface area contributed by atoms with Crippen molar-refractivity contribution in [1.82, 2.24) is 14.9 Å². The van der Waals surface area contributed by atoms with Gasteiger partial charge in [-0.3, -0.25) is 0 Å². The summed E-state index contributed by atoms with van der Waals surface area (Å²) < 4.78 is 6.18. The van der Waals surface area contributed by atoms with Crippen molar-refractivity contribution in [3.05, 3.63) is 33.6 Å². The molecule has 0 atom stereocenters. The van der Waals surface area contributed by atoms with Crippen molar-refractivity contribution < 1.29 is 9.53 Å². The number of fused-ring (bicyclic) bond motifs is 1. The molecule has 1 aromatic carbocycles. The number of amides is 1. The Morgan fingerprint density at radius 3 is 2.59 bits per heavy atom. The largest absolute Gasteiger partial charge is 0.444 e. The summed E-state index contributed by atoms with van der Waals surface area (Å²) in [5.41, 5.74) is 0.0405. The lowest BCUT2D eigenvalue weighted by atomic mass is 9.75. The third-order valence-electron chi connectivity index (χ3n) is 4.61. The Balaban J connectivity index is 1.91. The summed E-state index contributed by atoms with van der Waals surface area (Å²) in [4.78, 5) is 22.7. The van der Waals surface area contributed by atoms with Crippen LogP contribution in [0.4, 0.5) is 4.79 Å². The summed E-state index contributed by atoms with van der Waals surface area (Å²) in [5, 5.41) is 11.3. The van der Waals surface area contributed by atoms with Gasteiger partial charge in [0.15, 0.2) is 0 Å². The van der Waals surface area contributed by atoms with Gasteiger partial charge in [0.2, 0.25) is 0 Å². The fourth-order valence-electron chi connectivity index (χ4n) is 3.23. The van der Waals surface area contributed by atoms with Crippen molar-refractivity contribution in [2.75, 3.05) is 13.1 Å². The van der Waals surface area contributed by atoms with E-state index in [1.807, 2.05) is 26.8 Å². The van der Waals surface area contributed by atoms with Crippen molar-refractivity contribution in [1.29, 1.82) is 5.26 Å². The van der Waals surface area contributed by atoms with E-state index in [9.17, 15) is 10.1 Å². The number of nitriles is 1. The lowest BCUT2D eigenvalue weighted by Crippen LogP contribution is -2.46. The molecule has 1 amide bonds. The molecule has 0 spiro atoms. The Kier molecular flexibility index (Phi) is 5.33. The van der Waals surface area contributed by atoms with E-state index in [2.05, 4.69) is 32.0 Å². The minimum Gasteiger partial charge on any atom is -0.444 e. The monoisotopic (exact) mass is 450 g/mol. The summed E-state index contributed by atoms with van der Waals surface area (Å²) in [5.74, 6) is 0. The summed E-state index contributed by atoms with van der Waals surface area (Å²) in [6.45, 7) is 6.37. The molecule has 0 bridgehead atoms. The van der Waals surface area contributed by atoms with Crippen molar-refractivity contribution in [2.45, 2.75) is 44.6 Å². The molecule has 2 aromatic rings. The van der Waals surface area contributed by atoms with E-state index in [-0.39, 0.29) is 6.09 Å². The fourth-order valence-corrected chi connectivity index (χ4v) is 3.73. The van der Waals surface area contributed by atoms with E-state index >= 15 is 0 Å². The lowest BCUT2D eigenvalue weighted by Gasteiger charge is -2.37. The number of aromatic nitrogens is 2. The van der Waals surface area contributed by atoms with E-state index in [0.717, 1.165) is 15.4 Å². The standard InChI is InChI=1S/C19H20BrClN4O2/c1-18(2,3)27-17(26)25-6-4-19(10-22,5-7-25)16-12-8-14(21)13(20)9-15(12)23-11-24-16/h8-9,11H,4-7H2,1-3H3. The third kappa shape index (κ3) is 4.02. The van der Waals surface area contributed by atoms with Gasteiger partial charge in [0.1, 0.15) is 17.3 Å². The lowest BCUT2D eigenvalue weighted by molar-refractivity contribution is 0.0184. The Bertz CT molecular complexity index is 928. The minimum absolute atomic E-state index is 0.353. The van der Waals surface area contributed by atoms with Crippen molar-refractivity contribution in [3.63, 3.8) is 0 Å². The number of halogens is 2. The molecule has 1 aromatic heterocycles. The van der Waals surface area contributed by atoms with Gasteiger partial charge in [-0.25, -0.2) is 14.8 Å². The van der Waals surface area contributed by atoms with E-state index < -0.39 is 11.0 Å². The summed E-state index contributed by atoms with van der Waals surface area (Å²) in [7, 11) is 0. The maximum atomic E-state index is 12.3. The number of piperidine rings is 1. The van der Waals surface area contributed by atoms with Crippen LogP contribution in [0.15, 0.2) is 22.9 Å². The van der Waals surface area contributed by atoms with Crippen LogP contribution in [-0.2, 0) is 10.2 Å². The summed E-state index contributed by atoms with van der Waals surface area (Å²) in [6, 6.07) is 6.05. The number of rotatable bonds is 1. The SMILES string of the molecule is CC(C)(C)OC(=O)N1CCC(C#N)(c2ncnc3cc(Br)c(Cl)cc23)CC1. The van der Waals surface area contributed by atoms with Crippen LogP contribution in [-0.4, -0.2) is 39.7 Å². The topological polar surface area (TPSA) is 79.1 Å². The van der Waals surface area contributed by atoms with Gasteiger partial charge in [-0.15, -0.1) is 0 Å². The first kappa shape index (κ1) is 19.8. The molecule has 8 heteroatoms. The summed E-state index contributed by atoms with van der Waals surface area (Å²) in [6.07, 6.45) is 2.07. The molecule has 0 saturated carbocycles. The molecule has 1 fully saturated rings. The molecule has 142 valence electrons. The van der Waals surface area contributed by atoms with E-state index in [0.29, 0.717) is 36.6 Å². The number of nitrogens with zero attached hydrogens (tertiary/aromatic N) is 4. The zero-order chi connectivity index (χ0) is 19.8. The van der Waals surface area contributed by atoms with Gasteiger partial charge in [-0.05, 0) is 61.7 Å². The summed E-state index contributed by atoms with van der Waals surface area (Å²) >= 11 is 9.66. The van der Waals surface area contributed by atoms with E-state index in [4.69, 9.17) is 16.3 Å². The van der Waals surface area contributed by atoms with Crippen molar-refractivity contribution in [2.24, 2.45) is 0 Å². The second-order valence-corrected chi connectivity index (χ2v) is 8.93. The number of hydrogen-bond acceptors (Lipinski definition) is 5. The quantitative estimate of drug-likeness (QED) is 0.620. The molecule has 1 aliphatic rings. The Labute approximate surface area is 171 Å². The van der Waals surface area contributed by atoms with Gasteiger partial charge in [0, 0.05) is 22.9 Å². The van der Waals surface area contributed by atoms with Gasteiger partial charge in [-0.1, -0.05) is 11.6 Å². The van der Waals surface area contributed by atoms with Crippen LogP contribution in [0.25, 0.3) is 10.9 Å². The number of hydrogen-bond donors (Lipinski definition) is 0. The van der Waals surface area contributed by atoms with Crippen LogP contribution in [0.2, 0.25) is 5.02 Å². The zero-order valence-electron chi connectivity index (χ0n) is 15.4. The number of carbonyl (C=O) groups excluding carboxylic acids is 1. The molecule has 0 radical (unpaired) electrons. The molecular formula is C19H20BrClN4O2. The third-order valence-corrected chi connectivity index (χ3v) is 5.81. The van der Waals surface area contributed by atoms with Crippen LogP contribution in [0.3, 0.4) is 0 Å². The van der Waals surface area contributed by atoms with Crippen LogP contribution in [0, 0.1) is 11.3 Å². The average molecular weight is 452 g/mol. The van der Waals surface area contributed by atoms with Crippen LogP contribution >= 0.6 is 27.5 Å². The number of ether oxygens (including phenoxy) is 1. The van der Waals surface area contributed by atoms with Crippen LogP contribution in [0.5, 0.6) is 0 Å². The molecule has 0 N–H and O–H groups in total. The predicted octanol–water partition coefficient (Wildman–Crippen LogP) is 4.84. The molecule has 0 unspecified atom stereocenters. The van der Waals surface area contributed by atoms with Crippen LogP contribution in [0.1, 0.15) is 39.3 Å². The first-order chi connectivity index (χ1) is 12.6. The second kappa shape index (κ2) is 7.25. The maximum absolute atomic E-state index is 12.3. The molecule has 6 nitrogen and oxygen atoms in total. The zero-order valence-corrected chi connectivity index (χ0v) is 17.8. The maximum Gasteiger partial charge on any atom is 0.410 e. The molecule has 2 heterocycles. The minimum atomic E-state index is -0.795. The predicted molar refractivity (Wildman–Crippen MR) is 107 cm³/mol. The first-order valence-corrected chi connectivity index (χ1v) is 9.82. The van der Waals surface area contributed by atoms with E-state index in [1.54, 1.807) is 11.0 Å². The van der Waals surface area contributed by atoms with Gasteiger partial charge in [-0.2, -0.15) is 5.26 Å². The fraction of sp³-hybridized carbons (Fsp3) is 0.474. The highest BCUT2D eigenvalue weighted by molar-refractivity contribution is 9.10. The van der Waals surface area contributed by atoms with Gasteiger partial charge < -0.3 is 9.64 Å². The number of carbonyl (C=O) groups is 1. The molecule has 1 aliphatic heterocycles. The smallest absolute Gasteiger partial charge is 0.410 e. The Hall–Kier alpha value is -1.91. The van der Waals surface area contributed by atoms with Crippen LogP contribution < -0.4 is 0 Å². The van der Waals surface area contributed by atoms with E-state index in [1.165, 1.54) is 6.33 Å². The normalized spacial score (nSPS) is 16.8. The number of likely N-dealkylation sites (tertiary alicyclic amines) is 1. The molecule has 27 heavy (non-hydrogen) atoms. The average Bonchev–Trinajstić information content (AvgIpc) is 2.61. The molecule has 3 rings (SSSR count). The molecule has 1 saturated heterocycles. The Morgan fingerprint density at radius 2 is 2.00 bits per heavy atom. The van der Waals surface area contributed by atoms with Gasteiger partial charge >= 0.3 is 6.09 Å².